The van der Waals surface area contributed by atoms with Gasteiger partial charge in [-0.05, 0) is 44.7 Å². The van der Waals surface area contributed by atoms with E-state index in [9.17, 15) is 4.79 Å². The Morgan fingerprint density at radius 2 is 1.90 bits per heavy atom. The molecule has 0 saturated carbocycles. The highest BCUT2D eigenvalue weighted by atomic mass is 16.6. The first kappa shape index (κ1) is 19.6. The Hall–Kier alpha value is -2.76. The molecule has 2 aliphatic rings. The Labute approximate surface area is 172 Å². The number of hydrogen-bond acceptors (Lipinski definition) is 5. The Kier molecular flexibility index (Phi) is 5.35. The SMILES string of the molecule is CC(C)(C)OC(=O)N1CCCC1COc1cncc(N2Cc3ccccc3C2)c1. The zero-order valence-corrected chi connectivity index (χ0v) is 17.4. The maximum Gasteiger partial charge on any atom is 0.410 e. The topological polar surface area (TPSA) is 54.9 Å². The molecule has 0 aliphatic carbocycles. The number of aromatic nitrogens is 1. The van der Waals surface area contributed by atoms with E-state index in [4.69, 9.17) is 9.47 Å². The third-order valence-electron chi connectivity index (χ3n) is 5.35. The van der Waals surface area contributed by atoms with E-state index >= 15 is 0 Å². The highest BCUT2D eigenvalue weighted by Crippen LogP contribution is 2.30. The largest absolute Gasteiger partial charge is 0.490 e. The summed E-state index contributed by atoms with van der Waals surface area (Å²) in [5.74, 6) is 0.731. The number of likely N-dealkylation sites (tertiary alicyclic amines) is 1. The van der Waals surface area contributed by atoms with E-state index in [0.29, 0.717) is 13.2 Å². The van der Waals surface area contributed by atoms with Crippen LogP contribution in [0.1, 0.15) is 44.7 Å². The molecule has 6 heteroatoms. The Balaban J connectivity index is 1.37. The van der Waals surface area contributed by atoms with E-state index in [1.54, 1.807) is 11.1 Å². The van der Waals surface area contributed by atoms with Crippen molar-refractivity contribution in [3.05, 3.63) is 53.9 Å². The van der Waals surface area contributed by atoms with Gasteiger partial charge in [0.1, 0.15) is 18.0 Å². The second-order valence-electron chi connectivity index (χ2n) is 8.78. The van der Waals surface area contributed by atoms with Crippen molar-refractivity contribution in [2.75, 3.05) is 18.1 Å². The third kappa shape index (κ3) is 4.63. The summed E-state index contributed by atoms with van der Waals surface area (Å²) < 4.78 is 11.6. The number of carbonyl (C=O) groups is 1. The maximum atomic E-state index is 12.4. The minimum absolute atomic E-state index is 0.0320. The zero-order valence-electron chi connectivity index (χ0n) is 17.4. The maximum absolute atomic E-state index is 12.4. The average Bonchev–Trinajstić information content (AvgIpc) is 3.32. The fraction of sp³-hybridized carbons (Fsp3) is 0.478. The lowest BCUT2D eigenvalue weighted by molar-refractivity contribution is 0.0187. The number of pyridine rings is 1. The molecule has 0 spiro atoms. The molecule has 1 aromatic heterocycles. The van der Waals surface area contributed by atoms with Gasteiger partial charge in [-0.25, -0.2) is 4.79 Å². The Morgan fingerprint density at radius 1 is 1.17 bits per heavy atom. The smallest absolute Gasteiger partial charge is 0.410 e. The van der Waals surface area contributed by atoms with Gasteiger partial charge in [0.25, 0.3) is 0 Å². The van der Waals surface area contributed by atoms with Gasteiger partial charge in [0.2, 0.25) is 0 Å². The summed E-state index contributed by atoms with van der Waals surface area (Å²) in [4.78, 5) is 20.9. The number of rotatable bonds is 4. The lowest BCUT2D eigenvalue weighted by atomic mass is 10.1. The molecule has 1 amide bonds. The number of hydrogen-bond donors (Lipinski definition) is 0. The monoisotopic (exact) mass is 395 g/mol. The number of ether oxygens (including phenoxy) is 2. The van der Waals surface area contributed by atoms with Crippen molar-refractivity contribution in [2.24, 2.45) is 0 Å². The summed E-state index contributed by atoms with van der Waals surface area (Å²) in [6.45, 7) is 8.60. The summed E-state index contributed by atoms with van der Waals surface area (Å²) in [7, 11) is 0. The van der Waals surface area contributed by atoms with Crippen molar-refractivity contribution < 1.29 is 14.3 Å². The summed E-state index contributed by atoms with van der Waals surface area (Å²) in [6.07, 6.45) is 5.25. The van der Waals surface area contributed by atoms with Crippen molar-refractivity contribution in [3.63, 3.8) is 0 Å². The van der Waals surface area contributed by atoms with E-state index < -0.39 is 5.60 Å². The molecule has 2 aliphatic heterocycles. The van der Waals surface area contributed by atoms with Crippen molar-refractivity contribution in [1.29, 1.82) is 0 Å². The van der Waals surface area contributed by atoms with Crippen LogP contribution in [0.15, 0.2) is 42.7 Å². The quantitative estimate of drug-likeness (QED) is 0.769. The fourth-order valence-electron chi connectivity index (χ4n) is 3.94. The fourth-order valence-corrected chi connectivity index (χ4v) is 3.94. The number of nitrogens with zero attached hydrogens (tertiary/aromatic N) is 3. The molecule has 1 fully saturated rings. The minimum atomic E-state index is -0.489. The van der Waals surface area contributed by atoms with Gasteiger partial charge >= 0.3 is 6.09 Å². The first-order chi connectivity index (χ1) is 13.9. The van der Waals surface area contributed by atoms with Gasteiger partial charge in [-0.1, -0.05) is 24.3 Å². The molecule has 0 radical (unpaired) electrons. The zero-order chi connectivity index (χ0) is 20.4. The van der Waals surface area contributed by atoms with Crippen LogP contribution < -0.4 is 9.64 Å². The number of anilines is 1. The van der Waals surface area contributed by atoms with Crippen molar-refractivity contribution in [1.82, 2.24) is 9.88 Å². The van der Waals surface area contributed by atoms with Crippen LogP contribution in [0.2, 0.25) is 0 Å². The number of carbonyl (C=O) groups excluding carboxylic acids is 1. The van der Waals surface area contributed by atoms with E-state index in [1.165, 1.54) is 11.1 Å². The third-order valence-corrected chi connectivity index (χ3v) is 5.35. The normalized spacial score (nSPS) is 18.7. The van der Waals surface area contributed by atoms with Gasteiger partial charge in [0.15, 0.2) is 0 Å². The highest BCUT2D eigenvalue weighted by Gasteiger charge is 2.32. The van der Waals surface area contributed by atoms with Gasteiger partial charge in [0, 0.05) is 25.7 Å². The first-order valence-electron chi connectivity index (χ1n) is 10.3. The Bertz CT molecular complexity index is 853. The second-order valence-corrected chi connectivity index (χ2v) is 8.78. The molecule has 2 aromatic rings. The first-order valence-corrected chi connectivity index (χ1v) is 10.3. The van der Waals surface area contributed by atoms with Gasteiger partial charge in [-0.15, -0.1) is 0 Å². The lowest BCUT2D eigenvalue weighted by Gasteiger charge is -2.28. The number of benzene rings is 1. The molecule has 29 heavy (non-hydrogen) atoms. The molecule has 4 rings (SSSR count). The second kappa shape index (κ2) is 7.93. The number of amides is 1. The van der Waals surface area contributed by atoms with E-state index in [2.05, 4.69) is 34.1 Å². The molecule has 1 unspecified atom stereocenters. The summed E-state index contributed by atoms with van der Waals surface area (Å²) in [5, 5.41) is 0. The minimum Gasteiger partial charge on any atom is -0.490 e. The van der Waals surface area contributed by atoms with E-state index in [0.717, 1.165) is 37.4 Å². The molecule has 6 nitrogen and oxygen atoms in total. The Morgan fingerprint density at radius 3 is 2.59 bits per heavy atom. The average molecular weight is 396 g/mol. The molecule has 0 N–H and O–H groups in total. The van der Waals surface area contributed by atoms with Crippen LogP contribution in [0.5, 0.6) is 5.75 Å². The molecule has 3 heterocycles. The van der Waals surface area contributed by atoms with Crippen LogP contribution in [0.4, 0.5) is 10.5 Å². The lowest BCUT2D eigenvalue weighted by Crippen LogP contribution is -2.42. The predicted octanol–water partition coefficient (Wildman–Crippen LogP) is 4.38. The number of fused-ring (bicyclic) bond motifs is 1. The van der Waals surface area contributed by atoms with Crippen LogP contribution >= 0.6 is 0 Å². The van der Waals surface area contributed by atoms with Crippen molar-refractivity contribution in [2.45, 2.75) is 58.3 Å². The van der Waals surface area contributed by atoms with Crippen molar-refractivity contribution >= 4 is 11.8 Å². The molecule has 1 atom stereocenters. The summed E-state index contributed by atoms with van der Waals surface area (Å²) in [6, 6.07) is 10.6. The van der Waals surface area contributed by atoms with Gasteiger partial charge in [-0.3, -0.25) is 4.98 Å². The molecule has 154 valence electrons. The van der Waals surface area contributed by atoms with Crippen LogP contribution in [-0.2, 0) is 17.8 Å². The van der Waals surface area contributed by atoms with Crippen molar-refractivity contribution in [3.8, 4) is 5.75 Å². The summed E-state index contributed by atoms with van der Waals surface area (Å²) >= 11 is 0. The van der Waals surface area contributed by atoms with Gasteiger partial charge in [0.05, 0.1) is 24.1 Å². The van der Waals surface area contributed by atoms with Crippen LogP contribution in [0, 0.1) is 0 Å². The van der Waals surface area contributed by atoms with Gasteiger partial charge in [-0.2, -0.15) is 0 Å². The van der Waals surface area contributed by atoms with E-state index in [1.807, 2.05) is 33.0 Å². The molecule has 0 bridgehead atoms. The molecular formula is C23H29N3O3. The van der Waals surface area contributed by atoms with E-state index in [-0.39, 0.29) is 12.1 Å². The van der Waals surface area contributed by atoms with Gasteiger partial charge < -0.3 is 19.3 Å². The van der Waals surface area contributed by atoms with Crippen LogP contribution in [0.25, 0.3) is 0 Å². The van der Waals surface area contributed by atoms with Crippen LogP contribution in [-0.4, -0.2) is 40.8 Å². The van der Waals surface area contributed by atoms with Crippen LogP contribution in [0.3, 0.4) is 0 Å². The predicted molar refractivity (Wildman–Crippen MR) is 112 cm³/mol. The molecular weight excluding hydrogens is 366 g/mol. The standard InChI is InChI=1S/C23H29N3O3/c1-23(2,3)29-22(27)26-10-6-9-19(26)16-28-21-11-20(12-24-13-21)25-14-17-7-4-5-8-18(17)15-25/h4-5,7-8,11-13,19H,6,9-10,14-16H2,1-3H3. The molecule has 1 aromatic carbocycles. The highest BCUT2D eigenvalue weighted by molar-refractivity contribution is 5.69. The summed E-state index contributed by atoms with van der Waals surface area (Å²) in [5.41, 5.74) is 3.28. The molecule has 1 saturated heterocycles.